The fourth-order valence-corrected chi connectivity index (χ4v) is 3.09. The molecule has 0 saturated carbocycles. The van der Waals surface area contributed by atoms with Crippen LogP contribution in [0.25, 0.3) is 0 Å². The Morgan fingerprint density at radius 1 is 1.27 bits per heavy atom. The Morgan fingerprint density at radius 3 is 2.36 bits per heavy atom. The first-order valence-electron chi connectivity index (χ1n) is 7.14. The Kier molecular flexibility index (Phi) is 7.32. The number of amides is 1. The summed E-state index contributed by atoms with van der Waals surface area (Å²) in [6, 6.07) is 7.06. The Morgan fingerprint density at radius 2 is 1.86 bits per heavy atom. The molecule has 1 N–H and O–H groups in total. The van der Waals surface area contributed by atoms with E-state index >= 15 is 0 Å². The zero-order valence-electron chi connectivity index (χ0n) is 13.2. The van der Waals surface area contributed by atoms with E-state index in [0.717, 1.165) is 5.56 Å². The molecule has 1 rings (SSSR count). The molecule has 0 heterocycles. The molecule has 0 atom stereocenters. The Bertz CT molecular complexity index is 585. The first kappa shape index (κ1) is 18.9. The zero-order valence-corrected chi connectivity index (χ0v) is 14.7. The highest BCUT2D eigenvalue weighted by atomic mass is 35.5. The van der Waals surface area contributed by atoms with Gasteiger partial charge in [0.1, 0.15) is 0 Å². The van der Waals surface area contributed by atoms with Crippen molar-refractivity contribution in [2.45, 2.75) is 20.3 Å². The van der Waals surface area contributed by atoms with E-state index in [0.29, 0.717) is 18.1 Å². The largest absolute Gasteiger partial charge is 0.354 e. The molecule has 0 aliphatic heterocycles. The molecule has 7 heteroatoms. The average Bonchev–Trinajstić information content (AvgIpc) is 2.39. The minimum Gasteiger partial charge on any atom is -0.354 e. The molecule has 0 unspecified atom stereocenters. The predicted molar refractivity (Wildman–Crippen MR) is 89.4 cm³/mol. The maximum absolute atomic E-state index is 11.8. The summed E-state index contributed by atoms with van der Waals surface area (Å²) in [6.45, 7) is 4.94. The molecule has 0 bridgehead atoms. The molecule has 0 radical (unpaired) electrons. The van der Waals surface area contributed by atoms with E-state index in [4.69, 9.17) is 11.6 Å². The summed E-state index contributed by atoms with van der Waals surface area (Å²) < 4.78 is 24.7. The highest BCUT2D eigenvalue weighted by Gasteiger charge is 2.17. The maximum Gasteiger partial charge on any atom is 0.224 e. The van der Waals surface area contributed by atoms with E-state index in [-0.39, 0.29) is 24.8 Å². The van der Waals surface area contributed by atoms with Gasteiger partial charge >= 0.3 is 0 Å². The number of halogens is 1. The molecule has 0 saturated heterocycles. The number of carbonyl (C=O) groups is 1. The third-order valence-corrected chi connectivity index (χ3v) is 4.52. The van der Waals surface area contributed by atoms with Crippen LogP contribution in [0.1, 0.15) is 19.4 Å². The van der Waals surface area contributed by atoms with E-state index in [1.54, 1.807) is 24.3 Å². The van der Waals surface area contributed by atoms with Crippen molar-refractivity contribution < 1.29 is 13.2 Å². The molecule has 0 aromatic heterocycles. The quantitative estimate of drug-likeness (QED) is 0.782. The average molecular weight is 347 g/mol. The summed E-state index contributed by atoms with van der Waals surface area (Å²) in [6.07, 6.45) is 1.44. The second-order valence-electron chi connectivity index (χ2n) is 5.67. The third kappa shape index (κ3) is 7.24. The van der Waals surface area contributed by atoms with Crippen LogP contribution in [-0.2, 0) is 21.2 Å². The number of nitrogens with zero attached hydrogens (tertiary/aromatic N) is 1. The van der Waals surface area contributed by atoms with Gasteiger partial charge in [-0.3, -0.25) is 4.79 Å². The number of carbonyl (C=O) groups excluding carboxylic acids is 1. The molecule has 1 amide bonds. The van der Waals surface area contributed by atoms with Crippen molar-refractivity contribution in [2.75, 3.05) is 25.9 Å². The van der Waals surface area contributed by atoms with Crippen LogP contribution >= 0.6 is 11.6 Å². The molecule has 0 spiro atoms. The van der Waals surface area contributed by atoms with Crippen LogP contribution in [0.15, 0.2) is 24.3 Å². The lowest BCUT2D eigenvalue weighted by atomic mass is 10.1. The van der Waals surface area contributed by atoms with Crippen LogP contribution in [0.2, 0.25) is 5.02 Å². The summed E-state index contributed by atoms with van der Waals surface area (Å²) in [4.78, 5) is 11.8. The summed E-state index contributed by atoms with van der Waals surface area (Å²) >= 11 is 5.79. The molecule has 1 aromatic rings. The Balaban J connectivity index is 2.44. The number of benzene rings is 1. The predicted octanol–water partition coefficient (Wildman–Crippen LogP) is 1.92. The van der Waals surface area contributed by atoms with Crippen molar-refractivity contribution in [1.82, 2.24) is 9.62 Å². The number of nitrogens with one attached hydrogen (secondary N) is 1. The van der Waals surface area contributed by atoms with Gasteiger partial charge in [0, 0.05) is 24.7 Å². The van der Waals surface area contributed by atoms with Crippen molar-refractivity contribution in [3.8, 4) is 0 Å². The van der Waals surface area contributed by atoms with Crippen LogP contribution in [0.4, 0.5) is 0 Å². The van der Waals surface area contributed by atoms with Gasteiger partial charge in [0.15, 0.2) is 0 Å². The normalized spacial score (nSPS) is 11.9. The number of rotatable bonds is 8. The van der Waals surface area contributed by atoms with Crippen molar-refractivity contribution in [2.24, 2.45) is 5.92 Å². The van der Waals surface area contributed by atoms with Crippen molar-refractivity contribution in [3.63, 3.8) is 0 Å². The molecule has 0 aliphatic carbocycles. The van der Waals surface area contributed by atoms with Gasteiger partial charge in [0.05, 0.1) is 12.7 Å². The molecule has 0 aliphatic rings. The lowest BCUT2D eigenvalue weighted by Crippen LogP contribution is -2.40. The highest BCUT2D eigenvalue weighted by molar-refractivity contribution is 7.88. The van der Waals surface area contributed by atoms with Gasteiger partial charge in [0.25, 0.3) is 0 Å². The second kappa shape index (κ2) is 8.50. The summed E-state index contributed by atoms with van der Waals surface area (Å²) in [5.74, 6) is 0.0971. The van der Waals surface area contributed by atoms with Crippen molar-refractivity contribution >= 4 is 27.5 Å². The van der Waals surface area contributed by atoms with Gasteiger partial charge in [-0.15, -0.1) is 0 Å². The van der Waals surface area contributed by atoms with Crippen LogP contribution in [0.3, 0.4) is 0 Å². The lowest BCUT2D eigenvalue weighted by molar-refractivity contribution is -0.120. The van der Waals surface area contributed by atoms with Crippen molar-refractivity contribution in [1.29, 1.82) is 0 Å². The number of sulfonamides is 1. The molecular weight excluding hydrogens is 324 g/mol. The smallest absolute Gasteiger partial charge is 0.224 e. The van der Waals surface area contributed by atoms with E-state index in [9.17, 15) is 13.2 Å². The van der Waals surface area contributed by atoms with Gasteiger partial charge in [-0.05, 0) is 23.6 Å². The molecule has 5 nitrogen and oxygen atoms in total. The zero-order chi connectivity index (χ0) is 16.8. The van der Waals surface area contributed by atoms with E-state index < -0.39 is 10.0 Å². The number of hydrogen-bond donors (Lipinski definition) is 1. The summed E-state index contributed by atoms with van der Waals surface area (Å²) in [5, 5.41) is 3.37. The first-order valence-corrected chi connectivity index (χ1v) is 9.37. The first-order chi connectivity index (χ1) is 10.2. The summed E-state index contributed by atoms with van der Waals surface area (Å²) in [5.41, 5.74) is 0.865. The Hall–Kier alpha value is -1.11. The van der Waals surface area contributed by atoms with Gasteiger partial charge in [0.2, 0.25) is 15.9 Å². The minimum absolute atomic E-state index is 0.139. The van der Waals surface area contributed by atoms with Gasteiger partial charge < -0.3 is 5.32 Å². The van der Waals surface area contributed by atoms with Crippen LogP contribution in [0.5, 0.6) is 0 Å². The SMILES string of the molecule is CC(C)CN(CCNC(=O)Cc1ccc(Cl)cc1)S(C)(=O)=O. The van der Waals surface area contributed by atoms with Gasteiger partial charge in [-0.1, -0.05) is 37.6 Å². The van der Waals surface area contributed by atoms with Gasteiger partial charge in [-0.25, -0.2) is 12.7 Å². The van der Waals surface area contributed by atoms with Gasteiger partial charge in [-0.2, -0.15) is 0 Å². The molecule has 22 heavy (non-hydrogen) atoms. The van der Waals surface area contributed by atoms with Crippen LogP contribution in [-0.4, -0.2) is 44.5 Å². The molecule has 0 fully saturated rings. The monoisotopic (exact) mass is 346 g/mol. The highest BCUT2D eigenvalue weighted by Crippen LogP contribution is 2.09. The minimum atomic E-state index is -3.25. The second-order valence-corrected chi connectivity index (χ2v) is 8.09. The van der Waals surface area contributed by atoms with Crippen LogP contribution < -0.4 is 5.32 Å². The topological polar surface area (TPSA) is 66.5 Å². The summed E-state index contributed by atoms with van der Waals surface area (Å²) in [7, 11) is -3.25. The molecule has 1 aromatic carbocycles. The third-order valence-electron chi connectivity index (χ3n) is 3.00. The fourth-order valence-electron chi connectivity index (χ4n) is 1.97. The van der Waals surface area contributed by atoms with Crippen LogP contribution in [0, 0.1) is 5.92 Å². The van der Waals surface area contributed by atoms with Crippen molar-refractivity contribution in [3.05, 3.63) is 34.9 Å². The molecule has 124 valence electrons. The number of hydrogen-bond acceptors (Lipinski definition) is 3. The fraction of sp³-hybridized carbons (Fsp3) is 0.533. The standard InChI is InChI=1S/C15H23ClN2O3S/c1-12(2)11-18(22(3,20)21)9-8-17-15(19)10-13-4-6-14(16)7-5-13/h4-7,12H,8-11H2,1-3H3,(H,17,19). The Labute approximate surface area is 137 Å². The maximum atomic E-state index is 11.8. The molecular formula is C15H23ClN2O3S. The van der Waals surface area contributed by atoms with E-state index in [2.05, 4.69) is 5.32 Å². The van der Waals surface area contributed by atoms with E-state index in [1.165, 1.54) is 10.6 Å². The van der Waals surface area contributed by atoms with E-state index in [1.807, 2.05) is 13.8 Å². The lowest BCUT2D eigenvalue weighted by Gasteiger charge is -2.22.